The molecule has 0 aromatic carbocycles. The summed E-state index contributed by atoms with van der Waals surface area (Å²) in [5.74, 6) is -5.55. The Hall–Kier alpha value is -2.69. The summed E-state index contributed by atoms with van der Waals surface area (Å²) in [5.41, 5.74) is 5.54. The zero-order valence-corrected chi connectivity index (χ0v) is 17.4. The van der Waals surface area contributed by atoms with Gasteiger partial charge in [0.2, 0.25) is 17.7 Å². The normalized spacial score (nSPS) is 16.1. The first-order valence-electron chi connectivity index (χ1n) is 9.43. The summed E-state index contributed by atoms with van der Waals surface area (Å²) in [6, 6.07) is -4.54. The first-order chi connectivity index (χ1) is 13.3. The smallest absolute Gasteiger partial charge is 0.326 e. The van der Waals surface area contributed by atoms with E-state index in [2.05, 4.69) is 16.0 Å². The molecular weight excluding hydrogens is 384 g/mol. The Morgan fingerprint density at radius 1 is 0.828 bits per heavy atom. The molecule has 0 rings (SSSR count). The molecule has 0 aliphatic carbocycles. The van der Waals surface area contributed by atoms with Crippen molar-refractivity contribution < 1.29 is 34.2 Å². The van der Waals surface area contributed by atoms with E-state index in [4.69, 9.17) is 15.9 Å². The van der Waals surface area contributed by atoms with Crippen molar-refractivity contribution >= 4 is 29.7 Å². The van der Waals surface area contributed by atoms with Crippen molar-refractivity contribution in [2.45, 2.75) is 71.6 Å². The SMILES string of the molecule is CCC(C)C(NC(=O)C(C)N)C(=O)NC(C(=O)NC(CC(=O)O)C(=O)O)C(C)C. The van der Waals surface area contributed by atoms with Crippen LogP contribution < -0.4 is 21.7 Å². The summed E-state index contributed by atoms with van der Waals surface area (Å²) in [5, 5.41) is 25.1. The van der Waals surface area contributed by atoms with Crippen molar-refractivity contribution in [2.75, 3.05) is 0 Å². The highest BCUT2D eigenvalue weighted by Gasteiger charge is 2.33. The molecule has 0 aliphatic rings. The fraction of sp³-hybridized carbons (Fsp3) is 0.722. The first kappa shape index (κ1) is 26.3. The van der Waals surface area contributed by atoms with Gasteiger partial charge in [-0.05, 0) is 18.8 Å². The molecular formula is C18H32N4O7. The largest absolute Gasteiger partial charge is 0.481 e. The Morgan fingerprint density at radius 2 is 1.31 bits per heavy atom. The minimum atomic E-state index is -1.64. The van der Waals surface area contributed by atoms with E-state index in [0.29, 0.717) is 6.42 Å². The zero-order valence-electron chi connectivity index (χ0n) is 17.4. The highest BCUT2D eigenvalue weighted by molar-refractivity contribution is 5.94. The summed E-state index contributed by atoms with van der Waals surface area (Å²) in [7, 11) is 0. The van der Waals surface area contributed by atoms with Gasteiger partial charge in [0.05, 0.1) is 12.5 Å². The number of nitrogens with one attached hydrogen (secondary N) is 3. The van der Waals surface area contributed by atoms with Gasteiger partial charge in [-0.1, -0.05) is 34.1 Å². The van der Waals surface area contributed by atoms with Crippen molar-refractivity contribution in [1.29, 1.82) is 0 Å². The molecule has 5 unspecified atom stereocenters. The van der Waals surface area contributed by atoms with E-state index in [-0.39, 0.29) is 5.92 Å². The third-order valence-electron chi connectivity index (χ3n) is 4.45. The van der Waals surface area contributed by atoms with Gasteiger partial charge in [-0.2, -0.15) is 0 Å². The number of carbonyl (C=O) groups excluding carboxylic acids is 3. The molecule has 0 radical (unpaired) electrons. The quantitative estimate of drug-likeness (QED) is 0.235. The van der Waals surface area contributed by atoms with Gasteiger partial charge in [0, 0.05) is 0 Å². The number of rotatable bonds is 12. The number of nitrogens with two attached hydrogens (primary N) is 1. The molecule has 0 saturated heterocycles. The van der Waals surface area contributed by atoms with Crippen LogP contribution in [0.3, 0.4) is 0 Å². The third kappa shape index (κ3) is 8.90. The van der Waals surface area contributed by atoms with Gasteiger partial charge >= 0.3 is 11.9 Å². The van der Waals surface area contributed by atoms with Crippen LogP contribution >= 0.6 is 0 Å². The first-order valence-corrected chi connectivity index (χ1v) is 9.43. The highest BCUT2D eigenvalue weighted by Crippen LogP contribution is 2.11. The van der Waals surface area contributed by atoms with Crippen LogP contribution in [0.4, 0.5) is 0 Å². The van der Waals surface area contributed by atoms with Crippen molar-refractivity contribution in [1.82, 2.24) is 16.0 Å². The average molecular weight is 416 g/mol. The maximum absolute atomic E-state index is 12.8. The monoisotopic (exact) mass is 416 g/mol. The maximum Gasteiger partial charge on any atom is 0.326 e. The Balaban J connectivity index is 5.43. The van der Waals surface area contributed by atoms with Crippen LogP contribution in [-0.2, 0) is 24.0 Å². The lowest BCUT2D eigenvalue weighted by Gasteiger charge is -2.29. The van der Waals surface area contributed by atoms with Crippen LogP contribution in [0.15, 0.2) is 0 Å². The minimum Gasteiger partial charge on any atom is -0.481 e. The summed E-state index contributed by atoms with van der Waals surface area (Å²) in [4.78, 5) is 59.2. The Kier molecular flexibility index (Phi) is 10.9. The lowest BCUT2D eigenvalue weighted by atomic mass is 9.96. The molecule has 7 N–H and O–H groups in total. The van der Waals surface area contributed by atoms with E-state index in [0.717, 1.165) is 0 Å². The van der Waals surface area contributed by atoms with Crippen LogP contribution in [0, 0.1) is 11.8 Å². The fourth-order valence-corrected chi connectivity index (χ4v) is 2.40. The van der Waals surface area contributed by atoms with Crippen molar-refractivity contribution in [3.8, 4) is 0 Å². The van der Waals surface area contributed by atoms with Gasteiger partial charge < -0.3 is 31.9 Å². The van der Waals surface area contributed by atoms with Crippen molar-refractivity contribution in [3.05, 3.63) is 0 Å². The second kappa shape index (κ2) is 12.0. The molecule has 0 aromatic heterocycles. The third-order valence-corrected chi connectivity index (χ3v) is 4.45. The van der Waals surface area contributed by atoms with E-state index < -0.39 is 66.2 Å². The molecule has 11 heteroatoms. The van der Waals surface area contributed by atoms with Gasteiger partial charge in [-0.15, -0.1) is 0 Å². The topological polar surface area (TPSA) is 188 Å². The second-order valence-corrected chi connectivity index (χ2v) is 7.39. The molecule has 29 heavy (non-hydrogen) atoms. The fourth-order valence-electron chi connectivity index (χ4n) is 2.40. The number of carbonyl (C=O) groups is 5. The molecule has 0 aromatic rings. The van der Waals surface area contributed by atoms with Crippen LogP contribution in [0.25, 0.3) is 0 Å². The Morgan fingerprint density at radius 3 is 1.69 bits per heavy atom. The number of amides is 3. The second-order valence-electron chi connectivity index (χ2n) is 7.39. The summed E-state index contributed by atoms with van der Waals surface area (Å²) in [6.07, 6.45) is -0.241. The van der Waals surface area contributed by atoms with E-state index >= 15 is 0 Å². The van der Waals surface area contributed by atoms with E-state index in [1.807, 2.05) is 6.92 Å². The minimum absolute atomic E-state index is 0.257. The van der Waals surface area contributed by atoms with Crippen molar-refractivity contribution in [3.63, 3.8) is 0 Å². The number of aliphatic carboxylic acids is 2. The summed E-state index contributed by atoms with van der Waals surface area (Å²) < 4.78 is 0. The molecule has 3 amide bonds. The molecule has 166 valence electrons. The lowest BCUT2D eigenvalue weighted by Crippen LogP contribution is -2.59. The average Bonchev–Trinajstić information content (AvgIpc) is 2.61. The van der Waals surface area contributed by atoms with E-state index in [1.165, 1.54) is 6.92 Å². The van der Waals surface area contributed by atoms with Gasteiger partial charge in [0.25, 0.3) is 0 Å². The molecule has 0 aliphatic heterocycles. The molecule has 5 atom stereocenters. The number of hydrogen-bond donors (Lipinski definition) is 6. The van der Waals surface area contributed by atoms with E-state index in [1.54, 1.807) is 20.8 Å². The Bertz CT molecular complexity index is 621. The molecule has 0 heterocycles. The van der Waals surface area contributed by atoms with Crippen LogP contribution in [0.2, 0.25) is 0 Å². The van der Waals surface area contributed by atoms with Gasteiger partial charge in [-0.25, -0.2) is 4.79 Å². The van der Waals surface area contributed by atoms with Crippen LogP contribution in [0.1, 0.15) is 47.5 Å². The van der Waals surface area contributed by atoms with Crippen LogP contribution in [-0.4, -0.2) is 64.0 Å². The van der Waals surface area contributed by atoms with Crippen molar-refractivity contribution in [2.24, 2.45) is 17.6 Å². The predicted molar refractivity (Wildman–Crippen MR) is 104 cm³/mol. The molecule has 0 saturated carbocycles. The van der Waals surface area contributed by atoms with Gasteiger partial charge in [0.1, 0.15) is 18.1 Å². The molecule has 0 spiro atoms. The lowest BCUT2D eigenvalue weighted by molar-refractivity contribution is -0.147. The molecule has 0 fully saturated rings. The number of carboxylic acids is 2. The number of carboxylic acid groups (broad SMARTS) is 2. The van der Waals surface area contributed by atoms with Gasteiger partial charge in [0.15, 0.2) is 0 Å². The van der Waals surface area contributed by atoms with Gasteiger partial charge in [-0.3, -0.25) is 19.2 Å². The molecule has 11 nitrogen and oxygen atoms in total. The van der Waals surface area contributed by atoms with Crippen LogP contribution in [0.5, 0.6) is 0 Å². The van der Waals surface area contributed by atoms with E-state index in [9.17, 15) is 24.0 Å². The standard InChI is InChI=1S/C18H32N4O7/c1-6-9(4)14(22-15(25)10(5)19)17(27)21-13(8(2)3)16(26)20-11(18(28)29)7-12(23)24/h8-11,13-14H,6-7,19H2,1-5H3,(H,20,26)(H,21,27)(H,22,25)(H,23,24)(H,28,29). The zero-order chi connectivity index (χ0) is 22.9. The molecule has 0 bridgehead atoms. The summed E-state index contributed by atoms with van der Waals surface area (Å²) in [6.45, 7) is 8.33. The Labute approximate surface area is 169 Å². The number of hydrogen-bond acceptors (Lipinski definition) is 6. The highest BCUT2D eigenvalue weighted by atomic mass is 16.4. The summed E-state index contributed by atoms with van der Waals surface area (Å²) >= 11 is 0. The maximum atomic E-state index is 12.8. The predicted octanol–water partition coefficient (Wildman–Crippen LogP) is -0.951.